The van der Waals surface area contributed by atoms with Crippen molar-refractivity contribution in [2.24, 2.45) is 0 Å². The van der Waals surface area contributed by atoms with Gasteiger partial charge < -0.3 is 14.8 Å². The highest BCUT2D eigenvalue weighted by Crippen LogP contribution is 2.41. The molecule has 0 spiro atoms. The largest absolute Gasteiger partial charge is 0.586 e. The number of carbonyl (C=O) groups is 1. The summed E-state index contributed by atoms with van der Waals surface area (Å²) in [5.74, 6) is -0.0332. The number of benzene rings is 1. The van der Waals surface area contributed by atoms with Crippen LogP contribution in [0.4, 0.5) is 8.78 Å². The fourth-order valence-electron chi connectivity index (χ4n) is 1.43. The predicted molar refractivity (Wildman–Crippen MR) is 50.3 cm³/mol. The Labute approximate surface area is 90.2 Å². The van der Waals surface area contributed by atoms with Crippen molar-refractivity contribution in [2.45, 2.75) is 19.3 Å². The number of alkyl halides is 2. The second kappa shape index (κ2) is 3.62. The first-order valence-corrected chi connectivity index (χ1v) is 4.61. The van der Waals surface area contributed by atoms with E-state index < -0.39 is 6.29 Å². The maximum absolute atomic E-state index is 12.7. The number of nitrogens with one attached hydrogen (secondary N) is 1. The van der Waals surface area contributed by atoms with Crippen LogP contribution in [0.1, 0.15) is 18.5 Å². The molecule has 1 unspecified atom stereocenters. The van der Waals surface area contributed by atoms with Crippen molar-refractivity contribution in [1.82, 2.24) is 5.32 Å². The minimum Gasteiger partial charge on any atom is -0.395 e. The summed E-state index contributed by atoms with van der Waals surface area (Å²) in [6.07, 6.45) is -3.06. The van der Waals surface area contributed by atoms with Gasteiger partial charge in [0.1, 0.15) is 0 Å². The van der Waals surface area contributed by atoms with E-state index in [0.717, 1.165) is 0 Å². The van der Waals surface area contributed by atoms with Gasteiger partial charge in [-0.3, -0.25) is 4.79 Å². The van der Waals surface area contributed by atoms with Crippen molar-refractivity contribution in [3.05, 3.63) is 23.8 Å². The molecule has 1 aliphatic rings. The fourth-order valence-corrected chi connectivity index (χ4v) is 1.43. The Balaban J connectivity index is 2.25. The summed E-state index contributed by atoms with van der Waals surface area (Å²) in [6.45, 7) is 1.73. The van der Waals surface area contributed by atoms with Gasteiger partial charge in [0, 0.05) is 0 Å². The lowest BCUT2D eigenvalue weighted by Gasteiger charge is -2.10. The summed E-state index contributed by atoms with van der Waals surface area (Å²) in [4.78, 5) is 10.2. The zero-order valence-corrected chi connectivity index (χ0v) is 8.37. The van der Waals surface area contributed by atoms with Gasteiger partial charge in [0.25, 0.3) is 0 Å². The molecule has 0 saturated heterocycles. The van der Waals surface area contributed by atoms with Crippen LogP contribution in [0.5, 0.6) is 11.5 Å². The van der Waals surface area contributed by atoms with Crippen LogP contribution in [0.25, 0.3) is 0 Å². The zero-order chi connectivity index (χ0) is 11.8. The molecule has 16 heavy (non-hydrogen) atoms. The van der Waals surface area contributed by atoms with Gasteiger partial charge >= 0.3 is 6.29 Å². The number of carbonyl (C=O) groups excluding carboxylic acids is 1. The van der Waals surface area contributed by atoms with Crippen LogP contribution in [0.15, 0.2) is 18.2 Å². The summed E-state index contributed by atoms with van der Waals surface area (Å²) in [6, 6.07) is 4.11. The summed E-state index contributed by atoms with van der Waals surface area (Å²) in [5.41, 5.74) is 0.659. The van der Waals surface area contributed by atoms with Gasteiger partial charge in [0.15, 0.2) is 11.5 Å². The predicted octanol–water partition coefficient (Wildman–Crippen LogP) is 1.82. The normalized spacial score (nSPS) is 17.9. The standard InChI is InChI=1S/C10H9F2NO3/c1-6(13-5-14)7-2-3-8-9(4-7)16-10(11,12)15-8/h2-6H,1H3,(H,13,14). The third-order valence-corrected chi connectivity index (χ3v) is 2.24. The Hall–Kier alpha value is -1.85. The lowest BCUT2D eigenvalue weighted by Crippen LogP contribution is -2.25. The summed E-state index contributed by atoms with van der Waals surface area (Å²) >= 11 is 0. The molecule has 4 nitrogen and oxygen atoms in total. The maximum Gasteiger partial charge on any atom is 0.586 e. The van der Waals surface area contributed by atoms with Gasteiger partial charge in [-0.05, 0) is 24.6 Å². The van der Waals surface area contributed by atoms with Gasteiger partial charge in [-0.25, -0.2) is 0 Å². The molecule has 0 fully saturated rings. The van der Waals surface area contributed by atoms with Crippen molar-refractivity contribution in [3.63, 3.8) is 0 Å². The van der Waals surface area contributed by atoms with Crippen molar-refractivity contribution in [2.75, 3.05) is 0 Å². The summed E-state index contributed by atoms with van der Waals surface area (Å²) in [5, 5.41) is 2.51. The topological polar surface area (TPSA) is 47.6 Å². The molecule has 1 heterocycles. The second-order valence-corrected chi connectivity index (χ2v) is 3.38. The number of amides is 1. The van der Waals surface area contributed by atoms with Gasteiger partial charge in [0.05, 0.1) is 6.04 Å². The van der Waals surface area contributed by atoms with Gasteiger partial charge in [-0.1, -0.05) is 6.07 Å². The van der Waals surface area contributed by atoms with E-state index in [2.05, 4.69) is 14.8 Å². The molecule has 6 heteroatoms. The lowest BCUT2D eigenvalue weighted by molar-refractivity contribution is -0.286. The van der Waals surface area contributed by atoms with Crippen LogP contribution >= 0.6 is 0 Å². The van der Waals surface area contributed by atoms with E-state index in [1.807, 2.05) is 0 Å². The minimum atomic E-state index is -3.61. The van der Waals surface area contributed by atoms with Crippen LogP contribution in [0, 0.1) is 0 Å². The number of ether oxygens (including phenoxy) is 2. The van der Waals surface area contributed by atoms with Gasteiger partial charge in [0.2, 0.25) is 6.41 Å². The van der Waals surface area contributed by atoms with E-state index in [1.54, 1.807) is 13.0 Å². The molecular formula is C10H9F2NO3. The van der Waals surface area contributed by atoms with E-state index in [-0.39, 0.29) is 17.5 Å². The van der Waals surface area contributed by atoms with Gasteiger partial charge in [-0.15, -0.1) is 8.78 Å². The number of rotatable bonds is 3. The van der Waals surface area contributed by atoms with Crippen molar-refractivity contribution >= 4 is 6.41 Å². The van der Waals surface area contributed by atoms with Crippen LogP contribution in [0.2, 0.25) is 0 Å². The third kappa shape index (κ3) is 1.91. The minimum absolute atomic E-state index is 0.00736. The van der Waals surface area contributed by atoms with E-state index in [0.29, 0.717) is 12.0 Å². The lowest BCUT2D eigenvalue weighted by atomic mass is 10.1. The van der Waals surface area contributed by atoms with E-state index in [1.165, 1.54) is 12.1 Å². The molecular weight excluding hydrogens is 220 g/mol. The molecule has 1 amide bonds. The molecule has 1 aliphatic heterocycles. The number of fused-ring (bicyclic) bond motifs is 1. The van der Waals surface area contributed by atoms with E-state index >= 15 is 0 Å². The molecule has 0 radical (unpaired) electrons. The molecule has 1 atom stereocenters. The molecule has 0 aromatic heterocycles. The quantitative estimate of drug-likeness (QED) is 0.804. The fraction of sp³-hybridized carbons (Fsp3) is 0.300. The summed E-state index contributed by atoms with van der Waals surface area (Å²) < 4.78 is 33.9. The molecule has 2 rings (SSSR count). The Morgan fingerprint density at radius 1 is 1.38 bits per heavy atom. The number of halogens is 2. The first-order chi connectivity index (χ1) is 7.52. The molecule has 1 N–H and O–H groups in total. The van der Waals surface area contributed by atoms with Crippen LogP contribution in [-0.4, -0.2) is 12.7 Å². The van der Waals surface area contributed by atoms with Crippen molar-refractivity contribution in [1.29, 1.82) is 0 Å². The van der Waals surface area contributed by atoms with Crippen molar-refractivity contribution < 1.29 is 23.0 Å². The average Bonchev–Trinajstić information content (AvgIpc) is 2.50. The van der Waals surface area contributed by atoms with Crippen LogP contribution in [-0.2, 0) is 4.79 Å². The highest BCUT2D eigenvalue weighted by atomic mass is 19.3. The number of hydrogen-bond donors (Lipinski definition) is 1. The molecule has 86 valence electrons. The van der Waals surface area contributed by atoms with Crippen molar-refractivity contribution in [3.8, 4) is 11.5 Å². The molecule has 1 aromatic rings. The Morgan fingerprint density at radius 2 is 2.06 bits per heavy atom. The SMILES string of the molecule is CC(NC=O)c1ccc2c(c1)OC(F)(F)O2. The van der Waals surface area contributed by atoms with E-state index in [9.17, 15) is 13.6 Å². The summed E-state index contributed by atoms with van der Waals surface area (Å²) in [7, 11) is 0. The first kappa shape index (κ1) is 10.7. The highest BCUT2D eigenvalue weighted by Gasteiger charge is 2.43. The third-order valence-electron chi connectivity index (χ3n) is 2.24. The smallest absolute Gasteiger partial charge is 0.395 e. The van der Waals surface area contributed by atoms with E-state index in [4.69, 9.17) is 0 Å². The first-order valence-electron chi connectivity index (χ1n) is 4.61. The Morgan fingerprint density at radius 3 is 2.75 bits per heavy atom. The monoisotopic (exact) mass is 229 g/mol. The molecule has 0 aliphatic carbocycles. The number of hydrogen-bond acceptors (Lipinski definition) is 3. The molecule has 0 bridgehead atoms. The average molecular weight is 229 g/mol. The molecule has 0 saturated carbocycles. The van der Waals surface area contributed by atoms with Crippen LogP contribution in [0.3, 0.4) is 0 Å². The Kier molecular flexibility index (Phi) is 2.41. The van der Waals surface area contributed by atoms with Gasteiger partial charge in [-0.2, -0.15) is 0 Å². The maximum atomic E-state index is 12.7. The second-order valence-electron chi connectivity index (χ2n) is 3.38. The highest BCUT2D eigenvalue weighted by molar-refractivity contribution is 5.50. The van der Waals surface area contributed by atoms with Crippen LogP contribution < -0.4 is 14.8 Å². The zero-order valence-electron chi connectivity index (χ0n) is 8.37. The molecule has 1 aromatic carbocycles. The Bertz CT molecular complexity index is 423.